The zero-order valence-electron chi connectivity index (χ0n) is 16.3. The summed E-state index contributed by atoms with van der Waals surface area (Å²) < 4.78 is 62.5. The van der Waals surface area contributed by atoms with Gasteiger partial charge in [0.25, 0.3) is 0 Å². The fourth-order valence-electron chi connectivity index (χ4n) is 2.86. The van der Waals surface area contributed by atoms with E-state index in [2.05, 4.69) is 15.0 Å². The molecule has 0 atom stereocenters. The van der Waals surface area contributed by atoms with Crippen LogP contribution in [0.1, 0.15) is 26.5 Å². The standard InChI is InChI=1S/C18H22F3N5O2S/c1-17(2,3)29(27,28)15-5-4-13(12-23-15)25-8-10-26(11-9-25)16-22-7-6-14(24-16)18(19,20)21/h4-7,12H,8-11H2,1-3H3. The maximum Gasteiger partial charge on any atom is 0.433 e. The molecule has 0 amide bonds. The molecule has 0 bridgehead atoms. The summed E-state index contributed by atoms with van der Waals surface area (Å²) in [6, 6.07) is 4.03. The summed E-state index contributed by atoms with van der Waals surface area (Å²) >= 11 is 0. The Hall–Kier alpha value is -2.43. The number of hydrogen-bond acceptors (Lipinski definition) is 7. The summed E-state index contributed by atoms with van der Waals surface area (Å²) in [5, 5.41) is 0.0183. The van der Waals surface area contributed by atoms with E-state index in [-0.39, 0.29) is 11.0 Å². The van der Waals surface area contributed by atoms with Crippen LogP contribution in [0.15, 0.2) is 35.6 Å². The number of anilines is 2. The molecule has 0 N–H and O–H groups in total. The Morgan fingerprint density at radius 1 is 0.931 bits per heavy atom. The summed E-state index contributed by atoms with van der Waals surface area (Å²) in [7, 11) is -3.53. The maximum atomic E-state index is 12.8. The molecular weight excluding hydrogens is 407 g/mol. The van der Waals surface area contributed by atoms with Crippen molar-refractivity contribution in [2.75, 3.05) is 36.0 Å². The highest BCUT2D eigenvalue weighted by Crippen LogP contribution is 2.29. The molecule has 2 aromatic heterocycles. The van der Waals surface area contributed by atoms with Crippen molar-refractivity contribution in [3.8, 4) is 0 Å². The molecular formula is C18H22F3N5O2S. The molecule has 11 heteroatoms. The van der Waals surface area contributed by atoms with E-state index in [0.717, 1.165) is 18.0 Å². The van der Waals surface area contributed by atoms with Crippen molar-refractivity contribution in [2.45, 2.75) is 36.7 Å². The van der Waals surface area contributed by atoms with Gasteiger partial charge in [-0.05, 0) is 39.0 Å². The van der Waals surface area contributed by atoms with Crippen molar-refractivity contribution in [3.63, 3.8) is 0 Å². The zero-order chi connectivity index (χ0) is 21.4. The van der Waals surface area contributed by atoms with Gasteiger partial charge in [-0.15, -0.1) is 0 Å². The van der Waals surface area contributed by atoms with Crippen LogP contribution in [0.5, 0.6) is 0 Å². The lowest BCUT2D eigenvalue weighted by atomic mass is 10.3. The lowest BCUT2D eigenvalue weighted by molar-refractivity contribution is -0.141. The topological polar surface area (TPSA) is 79.3 Å². The van der Waals surface area contributed by atoms with E-state index in [4.69, 9.17) is 0 Å². The fraction of sp³-hybridized carbons (Fsp3) is 0.500. The quantitative estimate of drug-likeness (QED) is 0.742. The second kappa shape index (κ2) is 7.43. The van der Waals surface area contributed by atoms with E-state index in [1.54, 1.807) is 31.7 Å². The lowest BCUT2D eigenvalue weighted by Gasteiger charge is -2.36. The van der Waals surface area contributed by atoms with Crippen LogP contribution in [0.3, 0.4) is 0 Å². The summed E-state index contributed by atoms with van der Waals surface area (Å²) in [6.07, 6.45) is -1.90. The van der Waals surface area contributed by atoms with E-state index < -0.39 is 26.5 Å². The summed E-state index contributed by atoms with van der Waals surface area (Å²) in [5.74, 6) is 0.0456. The van der Waals surface area contributed by atoms with Gasteiger partial charge in [0.2, 0.25) is 5.95 Å². The Labute approximate surface area is 167 Å². The first-order chi connectivity index (χ1) is 13.4. The molecule has 29 heavy (non-hydrogen) atoms. The normalized spacial score (nSPS) is 16.2. The maximum absolute atomic E-state index is 12.8. The van der Waals surface area contributed by atoms with Gasteiger partial charge in [0.15, 0.2) is 14.9 Å². The molecule has 1 saturated heterocycles. The molecule has 7 nitrogen and oxygen atoms in total. The van der Waals surface area contributed by atoms with Crippen molar-refractivity contribution < 1.29 is 21.6 Å². The first-order valence-electron chi connectivity index (χ1n) is 9.00. The number of halogens is 3. The number of rotatable bonds is 3. The predicted octanol–water partition coefficient (Wildman–Crippen LogP) is 2.79. The highest BCUT2D eigenvalue weighted by molar-refractivity contribution is 7.92. The number of alkyl halides is 3. The summed E-state index contributed by atoms with van der Waals surface area (Å²) in [4.78, 5) is 15.4. The molecule has 1 fully saturated rings. The van der Waals surface area contributed by atoms with Crippen molar-refractivity contribution in [3.05, 3.63) is 36.3 Å². The van der Waals surface area contributed by atoms with Gasteiger partial charge >= 0.3 is 6.18 Å². The molecule has 1 aliphatic heterocycles. The van der Waals surface area contributed by atoms with E-state index in [1.165, 1.54) is 12.3 Å². The molecule has 0 spiro atoms. The van der Waals surface area contributed by atoms with E-state index in [0.29, 0.717) is 26.2 Å². The molecule has 0 saturated carbocycles. The Bertz CT molecular complexity index is 964. The Morgan fingerprint density at radius 2 is 1.55 bits per heavy atom. The highest BCUT2D eigenvalue weighted by atomic mass is 32.2. The van der Waals surface area contributed by atoms with Crippen LogP contribution in [0, 0.1) is 0 Å². The number of hydrogen-bond donors (Lipinski definition) is 0. The van der Waals surface area contributed by atoms with Gasteiger partial charge in [0, 0.05) is 32.4 Å². The van der Waals surface area contributed by atoms with Gasteiger partial charge in [-0.3, -0.25) is 0 Å². The van der Waals surface area contributed by atoms with E-state index in [1.807, 2.05) is 4.90 Å². The number of aromatic nitrogens is 3. The van der Waals surface area contributed by atoms with Crippen LogP contribution < -0.4 is 9.80 Å². The summed E-state index contributed by atoms with van der Waals surface area (Å²) in [6.45, 7) is 6.76. The predicted molar refractivity (Wildman–Crippen MR) is 103 cm³/mol. The fourth-order valence-corrected chi connectivity index (χ4v) is 3.92. The third-order valence-electron chi connectivity index (χ3n) is 4.66. The monoisotopic (exact) mass is 429 g/mol. The molecule has 0 radical (unpaired) electrons. The first-order valence-corrected chi connectivity index (χ1v) is 10.5. The third kappa shape index (κ3) is 4.44. The molecule has 3 heterocycles. The molecule has 1 aliphatic rings. The second-order valence-electron chi connectivity index (χ2n) is 7.68. The molecule has 158 valence electrons. The minimum atomic E-state index is -4.51. The smallest absolute Gasteiger partial charge is 0.367 e. The zero-order valence-corrected chi connectivity index (χ0v) is 17.1. The highest BCUT2D eigenvalue weighted by Gasteiger charge is 2.34. The summed E-state index contributed by atoms with van der Waals surface area (Å²) in [5.41, 5.74) is -0.216. The second-order valence-corrected chi connectivity index (χ2v) is 10.3. The van der Waals surface area contributed by atoms with Crippen LogP contribution in [-0.4, -0.2) is 54.3 Å². The van der Waals surface area contributed by atoms with Crippen LogP contribution in [0.2, 0.25) is 0 Å². The molecule has 3 rings (SSSR count). The number of sulfone groups is 1. The Balaban J connectivity index is 1.69. The third-order valence-corrected chi connectivity index (χ3v) is 7.07. The van der Waals surface area contributed by atoms with E-state index in [9.17, 15) is 21.6 Å². The van der Waals surface area contributed by atoms with Gasteiger partial charge < -0.3 is 9.80 Å². The van der Waals surface area contributed by atoms with E-state index >= 15 is 0 Å². The number of pyridine rings is 1. The number of nitrogens with zero attached hydrogens (tertiary/aromatic N) is 5. The Kier molecular flexibility index (Phi) is 5.46. The van der Waals surface area contributed by atoms with Gasteiger partial charge in [-0.25, -0.2) is 23.4 Å². The van der Waals surface area contributed by atoms with Crippen LogP contribution in [-0.2, 0) is 16.0 Å². The largest absolute Gasteiger partial charge is 0.433 e. The average Bonchev–Trinajstić information content (AvgIpc) is 2.67. The molecule has 0 aliphatic carbocycles. The van der Waals surface area contributed by atoms with Gasteiger partial charge in [-0.2, -0.15) is 13.2 Å². The minimum Gasteiger partial charge on any atom is -0.367 e. The van der Waals surface area contributed by atoms with Crippen molar-refractivity contribution in [2.24, 2.45) is 0 Å². The number of piperazine rings is 1. The molecule has 2 aromatic rings. The average molecular weight is 429 g/mol. The van der Waals surface area contributed by atoms with Crippen LogP contribution >= 0.6 is 0 Å². The van der Waals surface area contributed by atoms with Crippen molar-refractivity contribution >= 4 is 21.5 Å². The minimum absolute atomic E-state index is 0.0183. The van der Waals surface area contributed by atoms with Gasteiger partial charge in [0.1, 0.15) is 5.69 Å². The van der Waals surface area contributed by atoms with Gasteiger partial charge in [0.05, 0.1) is 16.6 Å². The first kappa shape index (κ1) is 21.3. The lowest BCUT2D eigenvalue weighted by Crippen LogP contribution is -2.47. The molecule has 0 aromatic carbocycles. The van der Waals surface area contributed by atoms with Crippen molar-refractivity contribution in [1.82, 2.24) is 15.0 Å². The Morgan fingerprint density at radius 3 is 2.07 bits per heavy atom. The van der Waals surface area contributed by atoms with Crippen molar-refractivity contribution in [1.29, 1.82) is 0 Å². The van der Waals surface area contributed by atoms with Crippen LogP contribution in [0.25, 0.3) is 0 Å². The SMILES string of the molecule is CC(C)(C)S(=O)(=O)c1ccc(N2CCN(c3nccc(C(F)(F)F)n3)CC2)cn1. The van der Waals surface area contributed by atoms with Gasteiger partial charge in [-0.1, -0.05) is 0 Å². The molecule has 0 unspecified atom stereocenters. The van der Waals surface area contributed by atoms with Crippen LogP contribution in [0.4, 0.5) is 24.8 Å².